The molecule has 1 saturated carbocycles. The van der Waals surface area contributed by atoms with Gasteiger partial charge < -0.3 is 15.5 Å². The Kier molecular flexibility index (Phi) is 8.17. The highest BCUT2D eigenvalue weighted by Crippen LogP contribution is 2.58. The van der Waals surface area contributed by atoms with Crippen LogP contribution in [0.2, 0.25) is 0 Å². The van der Waals surface area contributed by atoms with Crippen LogP contribution >= 0.6 is 24.8 Å². The minimum Gasteiger partial charge on any atom is -0.353 e. The van der Waals surface area contributed by atoms with Gasteiger partial charge in [0.2, 0.25) is 5.91 Å². The molecule has 0 bridgehead atoms. The van der Waals surface area contributed by atoms with E-state index in [1.165, 1.54) is 12.8 Å². The average Bonchev–Trinajstić information content (AvgIpc) is 3.02. The minimum absolute atomic E-state index is 0. The summed E-state index contributed by atoms with van der Waals surface area (Å²) in [5.74, 6) is 0.549. The van der Waals surface area contributed by atoms with E-state index in [0.29, 0.717) is 5.41 Å². The molecule has 2 atom stereocenters. The largest absolute Gasteiger partial charge is 0.353 e. The number of hydrogen-bond acceptors (Lipinski definition) is 3. The lowest BCUT2D eigenvalue weighted by molar-refractivity contribution is -0.124. The van der Waals surface area contributed by atoms with E-state index in [2.05, 4.69) is 50.4 Å². The molecule has 2 unspecified atom stereocenters. The number of halogens is 2. The fourth-order valence-corrected chi connectivity index (χ4v) is 3.66. The van der Waals surface area contributed by atoms with Gasteiger partial charge in [-0.25, -0.2) is 0 Å². The van der Waals surface area contributed by atoms with Crippen LogP contribution in [0.25, 0.3) is 0 Å². The molecule has 6 heteroatoms. The number of carbonyl (C=O) groups is 1. The van der Waals surface area contributed by atoms with Crippen molar-refractivity contribution in [3.63, 3.8) is 0 Å². The van der Waals surface area contributed by atoms with Gasteiger partial charge in [0.05, 0.1) is 0 Å². The van der Waals surface area contributed by atoms with Gasteiger partial charge in [-0.15, -0.1) is 24.8 Å². The van der Waals surface area contributed by atoms with Crippen LogP contribution in [-0.2, 0) is 4.79 Å². The summed E-state index contributed by atoms with van der Waals surface area (Å²) in [6.45, 7) is 9.72. The molecule has 1 aliphatic carbocycles. The number of carbonyl (C=O) groups excluding carboxylic acids is 1. The van der Waals surface area contributed by atoms with Crippen LogP contribution in [0.1, 0.15) is 40.0 Å². The summed E-state index contributed by atoms with van der Waals surface area (Å²) in [7, 11) is 4.17. The van der Waals surface area contributed by atoms with E-state index in [4.69, 9.17) is 0 Å². The molecule has 4 nitrogen and oxygen atoms in total. The number of amides is 1. The van der Waals surface area contributed by atoms with Crippen LogP contribution in [0.4, 0.5) is 0 Å². The molecule has 0 aromatic heterocycles. The Morgan fingerprint density at radius 1 is 1.32 bits per heavy atom. The first kappa shape index (κ1) is 22.0. The predicted molar refractivity (Wildman–Crippen MR) is 97.1 cm³/mol. The Labute approximate surface area is 148 Å². The maximum Gasteiger partial charge on any atom is 0.223 e. The molecule has 2 fully saturated rings. The molecule has 1 spiro atoms. The third kappa shape index (κ3) is 4.98. The van der Waals surface area contributed by atoms with Crippen molar-refractivity contribution in [1.82, 2.24) is 15.5 Å². The second-order valence-corrected chi connectivity index (χ2v) is 7.83. The highest BCUT2D eigenvalue weighted by Gasteiger charge is 2.57. The maximum absolute atomic E-state index is 12.5. The van der Waals surface area contributed by atoms with E-state index in [1.807, 2.05) is 0 Å². The van der Waals surface area contributed by atoms with Crippen LogP contribution in [0.15, 0.2) is 0 Å². The first-order valence-electron chi connectivity index (χ1n) is 7.93. The maximum atomic E-state index is 12.5. The van der Waals surface area contributed by atoms with E-state index in [1.54, 1.807) is 0 Å². The monoisotopic (exact) mass is 353 g/mol. The molecular weight excluding hydrogens is 321 g/mol. The smallest absolute Gasteiger partial charge is 0.223 e. The normalized spacial score (nSPS) is 24.2. The highest BCUT2D eigenvalue weighted by atomic mass is 35.5. The van der Waals surface area contributed by atoms with E-state index >= 15 is 0 Å². The fraction of sp³-hybridized carbons (Fsp3) is 0.938. The second kappa shape index (κ2) is 8.18. The second-order valence-electron chi connectivity index (χ2n) is 7.83. The molecule has 132 valence electrons. The summed E-state index contributed by atoms with van der Waals surface area (Å²) < 4.78 is 0. The van der Waals surface area contributed by atoms with E-state index in [0.717, 1.165) is 26.1 Å². The van der Waals surface area contributed by atoms with Crippen molar-refractivity contribution >= 4 is 30.7 Å². The Morgan fingerprint density at radius 3 is 2.36 bits per heavy atom. The number of piperidine rings is 1. The van der Waals surface area contributed by atoms with Crippen molar-refractivity contribution < 1.29 is 4.79 Å². The van der Waals surface area contributed by atoms with Crippen molar-refractivity contribution in [1.29, 1.82) is 0 Å². The molecule has 2 rings (SSSR count). The molecule has 1 saturated heterocycles. The van der Waals surface area contributed by atoms with Crippen molar-refractivity contribution in [2.24, 2.45) is 16.7 Å². The Bertz CT molecular complexity index is 368. The van der Waals surface area contributed by atoms with Crippen LogP contribution in [0.5, 0.6) is 0 Å². The first-order valence-corrected chi connectivity index (χ1v) is 7.93. The molecule has 2 aliphatic rings. The number of nitrogens with one attached hydrogen (secondary N) is 2. The number of nitrogens with zero attached hydrogens (tertiary/aromatic N) is 1. The van der Waals surface area contributed by atoms with E-state index < -0.39 is 0 Å². The van der Waals surface area contributed by atoms with Gasteiger partial charge in [-0.1, -0.05) is 13.8 Å². The topological polar surface area (TPSA) is 44.4 Å². The Morgan fingerprint density at radius 2 is 1.86 bits per heavy atom. The molecule has 0 aromatic carbocycles. The van der Waals surface area contributed by atoms with Crippen LogP contribution in [0, 0.1) is 16.7 Å². The van der Waals surface area contributed by atoms with Crippen molar-refractivity contribution in [2.45, 2.75) is 46.1 Å². The molecule has 2 N–H and O–H groups in total. The zero-order valence-electron chi connectivity index (χ0n) is 14.6. The molecule has 1 heterocycles. The third-order valence-corrected chi connectivity index (χ3v) is 5.36. The molecule has 1 aliphatic heterocycles. The quantitative estimate of drug-likeness (QED) is 0.796. The van der Waals surface area contributed by atoms with Gasteiger partial charge in [0.15, 0.2) is 0 Å². The van der Waals surface area contributed by atoms with Crippen LogP contribution < -0.4 is 10.6 Å². The molecule has 22 heavy (non-hydrogen) atoms. The Balaban J connectivity index is 0.00000220. The first-order chi connectivity index (χ1) is 9.27. The Hall–Kier alpha value is -0.0300. The van der Waals surface area contributed by atoms with Gasteiger partial charge in [0, 0.05) is 18.5 Å². The SMILES string of the molecule is CC(NC(=O)C1CC12CCNCC2)C(C)(C)CN(C)C.Cl.Cl. The van der Waals surface area contributed by atoms with Crippen LogP contribution in [-0.4, -0.2) is 50.6 Å². The van der Waals surface area contributed by atoms with Gasteiger partial charge in [-0.2, -0.15) is 0 Å². The van der Waals surface area contributed by atoms with Gasteiger partial charge in [0.25, 0.3) is 0 Å². The van der Waals surface area contributed by atoms with E-state index in [-0.39, 0.29) is 48.1 Å². The lowest BCUT2D eigenvalue weighted by Gasteiger charge is -2.35. The summed E-state index contributed by atoms with van der Waals surface area (Å²) in [5.41, 5.74) is 0.427. The standard InChI is InChI=1S/C16H31N3O.2ClH/c1-12(15(2,3)11-19(4)5)18-14(20)13-10-16(13)6-8-17-9-7-16;;/h12-13,17H,6-11H2,1-5H3,(H,18,20);2*1H. The zero-order valence-corrected chi connectivity index (χ0v) is 16.2. The third-order valence-electron chi connectivity index (χ3n) is 5.36. The number of hydrogen-bond donors (Lipinski definition) is 2. The summed E-state index contributed by atoms with van der Waals surface area (Å²) >= 11 is 0. The highest BCUT2D eigenvalue weighted by molar-refractivity contribution is 5.85. The van der Waals surface area contributed by atoms with E-state index in [9.17, 15) is 4.79 Å². The molecule has 0 radical (unpaired) electrons. The fourth-order valence-electron chi connectivity index (χ4n) is 3.66. The lowest BCUT2D eigenvalue weighted by Crippen LogP contribution is -2.48. The summed E-state index contributed by atoms with van der Waals surface area (Å²) in [5, 5.41) is 6.66. The van der Waals surface area contributed by atoms with Crippen molar-refractivity contribution in [3.8, 4) is 0 Å². The molecular formula is C16H33Cl2N3O. The van der Waals surface area contributed by atoms with Gasteiger partial charge in [0.1, 0.15) is 0 Å². The van der Waals surface area contributed by atoms with Crippen molar-refractivity contribution in [3.05, 3.63) is 0 Å². The van der Waals surface area contributed by atoms with Gasteiger partial charge >= 0.3 is 0 Å². The number of rotatable bonds is 5. The van der Waals surface area contributed by atoms with Crippen molar-refractivity contribution in [2.75, 3.05) is 33.7 Å². The summed E-state index contributed by atoms with van der Waals surface area (Å²) in [6, 6.07) is 0.205. The minimum atomic E-state index is 0. The van der Waals surface area contributed by atoms with Gasteiger partial charge in [-0.3, -0.25) is 4.79 Å². The zero-order chi connectivity index (χ0) is 15.0. The predicted octanol–water partition coefficient (Wildman–Crippen LogP) is 2.31. The lowest BCUT2D eigenvalue weighted by atomic mass is 9.84. The van der Waals surface area contributed by atoms with Gasteiger partial charge in [-0.05, 0) is 64.2 Å². The summed E-state index contributed by atoms with van der Waals surface area (Å²) in [6.07, 6.45) is 3.43. The van der Waals surface area contributed by atoms with Crippen LogP contribution in [0.3, 0.4) is 0 Å². The average molecular weight is 354 g/mol. The molecule has 1 amide bonds. The summed E-state index contributed by atoms with van der Waals surface area (Å²) in [4.78, 5) is 14.7. The molecule has 0 aromatic rings.